The van der Waals surface area contributed by atoms with Crippen LogP contribution in [0.3, 0.4) is 0 Å². The van der Waals surface area contributed by atoms with Crippen molar-refractivity contribution in [3.63, 3.8) is 0 Å². The fraction of sp³-hybridized carbons (Fsp3) is 0.676. The standard InChI is InChI=1S/C37H52F4N6O3/c1-22(2)47-29(16-17-42-47)36(49)44-32(31(24-12-6-4-7-13-24)25-14-8-5-9-15-25)37(50)43-28-21-30(46-18-10-11-19-46)26(20-27(28)38)23(3)35(48)45-34(41)33(39)40/h16-17,20-25,31-34H,4-15,18-19H2,1-3H3,(H,43,50)(H,44,49)(H,45,48)/t23?,32-,34?/m0/s1. The number of amides is 3. The third kappa shape index (κ3) is 8.80. The number of nitrogens with one attached hydrogen (secondary N) is 3. The van der Waals surface area contributed by atoms with Crippen LogP contribution in [0.4, 0.5) is 28.9 Å². The number of hydrogen-bond donors (Lipinski definition) is 3. The normalized spacial score (nSPS) is 19.5. The molecule has 5 rings (SSSR count). The van der Waals surface area contributed by atoms with Gasteiger partial charge in [0.2, 0.25) is 18.1 Å². The number of hydrogen-bond acceptors (Lipinski definition) is 5. The highest BCUT2D eigenvalue weighted by molar-refractivity contribution is 6.01. The van der Waals surface area contributed by atoms with Crippen LogP contribution in [0.2, 0.25) is 0 Å². The van der Waals surface area contributed by atoms with Crippen LogP contribution >= 0.6 is 0 Å². The van der Waals surface area contributed by atoms with Crippen molar-refractivity contribution >= 4 is 29.1 Å². The van der Waals surface area contributed by atoms with E-state index in [1.54, 1.807) is 22.3 Å². The van der Waals surface area contributed by atoms with Crippen LogP contribution in [-0.4, -0.2) is 59.4 Å². The lowest BCUT2D eigenvalue weighted by molar-refractivity contribution is -0.126. The Morgan fingerprint density at radius 2 is 1.42 bits per heavy atom. The third-order valence-corrected chi connectivity index (χ3v) is 10.9. The minimum Gasteiger partial charge on any atom is -0.371 e. The summed E-state index contributed by atoms with van der Waals surface area (Å²) >= 11 is 0. The van der Waals surface area contributed by atoms with Gasteiger partial charge in [-0.1, -0.05) is 64.2 Å². The molecule has 2 heterocycles. The van der Waals surface area contributed by atoms with E-state index in [4.69, 9.17) is 0 Å². The third-order valence-electron chi connectivity index (χ3n) is 10.9. The van der Waals surface area contributed by atoms with Crippen molar-refractivity contribution in [1.29, 1.82) is 0 Å². The average Bonchev–Trinajstić information content (AvgIpc) is 3.83. The molecule has 13 heteroatoms. The Kier molecular flexibility index (Phi) is 12.8. The van der Waals surface area contributed by atoms with Crippen LogP contribution in [-0.2, 0) is 9.59 Å². The Morgan fingerprint density at radius 1 is 0.820 bits per heavy atom. The van der Waals surface area contributed by atoms with Crippen molar-refractivity contribution in [2.24, 2.45) is 17.8 Å². The molecule has 50 heavy (non-hydrogen) atoms. The highest BCUT2D eigenvalue weighted by Gasteiger charge is 2.42. The van der Waals surface area contributed by atoms with Gasteiger partial charge in [-0.3, -0.25) is 19.1 Å². The maximum Gasteiger partial charge on any atom is 0.287 e. The van der Waals surface area contributed by atoms with Gasteiger partial charge in [0, 0.05) is 31.0 Å². The molecular weight excluding hydrogens is 652 g/mol. The van der Waals surface area contributed by atoms with Crippen molar-refractivity contribution < 1.29 is 31.9 Å². The zero-order valence-corrected chi connectivity index (χ0v) is 29.4. The van der Waals surface area contributed by atoms with Crippen LogP contribution < -0.4 is 20.9 Å². The Labute approximate surface area is 292 Å². The molecule has 3 fully saturated rings. The van der Waals surface area contributed by atoms with E-state index in [2.05, 4.69) is 15.7 Å². The van der Waals surface area contributed by atoms with E-state index in [-0.39, 0.29) is 35.0 Å². The second kappa shape index (κ2) is 17.0. The van der Waals surface area contributed by atoms with E-state index in [9.17, 15) is 27.6 Å². The van der Waals surface area contributed by atoms with Crippen LogP contribution in [0, 0.1) is 23.6 Å². The van der Waals surface area contributed by atoms with Gasteiger partial charge in [0.15, 0.2) is 0 Å². The first-order valence-electron chi connectivity index (χ1n) is 18.4. The number of halogens is 4. The Balaban J connectivity index is 1.50. The molecule has 2 aliphatic carbocycles. The summed E-state index contributed by atoms with van der Waals surface area (Å²) in [4.78, 5) is 43.2. The summed E-state index contributed by atoms with van der Waals surface area (Å²) in [5.41, 5.74) is 0.898. The summed E-state index contributed by atoms with van der Waals surface area (Å²) in [6.45, 7) is 6.47. The summed E-state index contributed by atoms with van der Waals surface area (Å²) < 4.78 is 57.1. The summed E-state index contributed by atoms with van der Waals surface area (Å²) in [5.74, 6) is -3.62. The van der Waals surface area contributed by atoms with E-state index in [0.29, 0.717) is 24.5 Å². The maximum atomic E-state index is 16.0. The van der Waals surface area contributed by atoms with E-state index in [1.807, 2.05) is 18.7 Å². The molecule has 1 saturated heterocycles. The summed E-state index contributed by atoms with van der Waals surface area (Å²) in [6, 6.07) is 3.19. The molecule has 1 aliphatic heterocycles. The van der Waals surface area contributed by atoms with Crippen molar-refractivity contribution in [3.8, 4) is 0 Å². The van der Waals surface area contributed by atoms with Gasteiger partial charge in [-0.2, -0.15) is 5.10 Å². The number of carbonyl (C=O) groups excluding carboxylic acids is 3. The van der Waals surface area contributed by atoms with Gasteiger partial charge in [0.25, 0.3) is 12.3 Å². The van der Waals surface area contributed by atoms with Gasteiger partial charge in [0.05, 0.1) is 11.6 Å². The van der Waals surface area contributed by atoms with Gasteiger partial charge in [-0.05, 0) is 75.1 Å². The van der Waals surface area contributed by atoms with Crippen LogP contribution in [0.5, 0.6) is 0 Å². The molecule has 0 radical (unpaired) electrons. The molecule has 2 aromatic rings. The molecule has 2 unspecified atom stereocenters. The number of benzene rings is 1. The lowest BCUT2D eigenvalue weighted by atomic mass is 9.66. The molecule has 3 amide bonds. The highest BCUT2D eigenvalue weighted by Crippen LogP contribution is 2.43. The first kappa shape index (κ1) is 37.6. The molecule has 2 saturated carbocycles. The lowest BCUT2D eigenvalue weighted by Crippen LogP contribution is -2.53. The topological polar surface area (TPSA) is 108 Å². The molecule has 3 atom stereocenters. The summed E-state index contributed by atoms with van der Waals surface area (Å²) in [6.07, 6.45) is 7.31. The number of anilines is 2. The second-order valence-corrected chi connectivity index (χ2v) is 14.6. The van der Waals surface area contributed by atoms with E-state index in [1.165, 1.54) is 13.0 Å². The molecule has 3 aliphatic rings. The molecule has 9 nitrogen and oxygen atoms in total. The SMILES string of the molecule is CC(C(=O)NC(F)C(F)F)c1cc(F)c(NC(=O)[C@@H](NC(=O)c2ccnn2C(C)C)C(C2CCCCC2)C2CCCCC2)cc1N1CCCC1. The summed E-state index contributed by atoms with van der Waals surface area (Å²) in [7, 11) is 0. The van der Waals surface area contributed by atoms with Crippen LogP contribution in [0.15, 0.2) is 24.4 Å². The average molecular weight is 705 g/mol. The van der Waals surface area contributed by atoms with E-state index >= 15 is 4.39 Å². The van der Waals surface area contributed by atoms with E-state index < -0.39 is 48.2 Å². The van der Waals surface area contributed by atoms with Crippen molar-refractivity contribution in [3.05, 3.63) is 41.5 Å². The molecule has 0 spiro atoms. The molecular formula is C37H52F4N6O3. The molecule has 3 N–H and O–H groups in total. The molecule has 276 valence electrons. The first-order chi connectivity index (χ1) is 24.0. The minimum atomic E-state index is -3.40. The Bertz CT molecular complexity index is 1450. The predicted molar refractivity (Wildman–Crippen MR) is 184 cm³/mol. The quantitative estimate of drug-likeness (QED) is 0.148. The number of rotatable bonds is 13. The maximum absolute atomic E-state index is 16.0. The fourth-order valence-electron chi connectivity index (χ4n) is 8.35. The Morgan fingerprint density at radius 3 is 1.98 bits per heavy atom. The number of aromatic nitrogens is 2. The minimum absolute atomic E-state index is 0.0854. The van der Waals surface area contributed by atoms with Crippen molar-refractivity contribution in [2.45, 2.75) is 129 Å². The first-order valence-corrected chi connectivity index (χ1v) is 18.4. The molecule has 0 bridgehead atoms. The fourth-order valence-corrected chi connectivity index (χ4v) is 8.35. The van der Waals surface area contributed by atoms with Crippen LogP contribution in [0.1, 0.15) is 126 Å². The summed E-state index contributed by atoms with van der Waals surface area (Å²) in [5, 5.41) is 11.9. The number of alkyl halides is 3. The highest BCUT2D eigenvalue weighted by atomic mass is 19.3. The van der Waals surface area contributed by atoms with Gasteiger partial charge < -0.3 is 20.9 Å². The van der Waals surface area contributed by atoms with Gasteiger partial charge in [-0.15, -0.1) is 0 Å². The predicted octanol–water partition coefficient (Wildman–Crippen LogP) is 7.50. The van der Waals surface area contributed by atoms with E-state index in [0.717, 1.165) is 83.1 Å². The largest absolute Gasteiger partial charge is 0.371 e. The Hall–Kier alpha value is -3.64. The zero-order chi connectivity index (χ0) is 35.9. The smallest absolute Gasteiger partial charge is 0.287 e. The van der Waals surface area contributed by atoms with Crippen molar-refractivity contribution in [1.82, 2.24) is 20.4 Å². The van der Waals surface area contributed by atoms with Gasteiger partial charge in [0.1, 0.15) is 17.6 Å². The lowest BCUT2D eigenvalue weighted by Gasteiger charge is -2.42. The van der Waals surface area contributed by atoms with Gasteiger partial charge in [-0.25, -0.2) is 17.6 Å². The van der Waals surface area contributed by atoms with Crippen molar-refractivity contribution in [2.75, 3.05) is 23.3 Å². The van der Waals surface area contributed by atoms with Gasteiger partial charge >= 0.3 is 0 Å². The monoisotopic (exact) mass is 704 g/mol. The molecule has 1 aromatic heterocycles. The second-order valence-electron chi connectivity index (χ2n) is 14.6. The number of nitrogens with zero attached hydrogens (tertiary/aromatic N) is 3. The van der Waals surface area contributed by atoms with Crippen LogP contribution in [0.25, 0.3) is 0 Å². The zero-order valence-electron chi connectivity index (χ0n) is 29.4. The molecule has 1 aromatic carbocycles. The number of carbonyl (C=O) groups is 3.